The van der Waals surface area contributed by atoms with Gasteiger partial charge < -0.3 is 9.30 Å². The van der Waals surface area contributed by atoms with Gasteiger partial charge in [0.2, 0.25) is 5.88 Å². The lowest BCUT2D eigenvalue weighted by Gasteiger charge is -2.13. The first kappa shape index (κ1) is 24.9. The van der Waals surface area contributed by atoms with E-state index in [2.05, 4.69) is 69.0 Å². The number of imidazole rings is 1. The second-order valence-electron chi connectivity index (χ2n) is 9.38. The van der Waals surface area contributed by atoms with Gasteiger partial charge in [0.25, 0.3) is 0 Å². The predicted octanol–water partition coefficient (Wildman–Crippen LogP) is 7.34. The Kier molecular flexibility index (Phi) is 6.62. The number of aliphatic imine (C=N–C) groups is 1. The molecule has 0 saturated carbocycles. The van der Waals surface area contributed by atoms with E-state index in [9.17, 15) is 0 Å². The highest BCUT2D eigenvalue weighted by Gasteiger charge is 2.17. The van der Waals surface area contributed by atoms with Gasteiger partial charge in [0, 0.05) is 23.9 Å². The maximum atomic E-state index is 6.27. The van der Waals surface area contributed by atoms with Crippen LogP contribution in [0.25, 0.3) is 22.3 Å². The normalized spacial score (nSPS) is 12.8. The molecular weight excluding hydrogens is 510 g/mol. The third kappa shape index (κ3) is 4.91. The van der Waals surface area contributed by atoms with Crippen LogP contribution in [0, 0.1) is 13.8 Å². The summed E-state index contributed by atoms with van der Waals surface area (Å²) in [5.74, 6) is 2.60. The monoisotopic (exact) mass is 535 g/mol. The maximum absolute atomic E-state index is 6.27. The van der Waals surface area contributed by atoms with Crippen LogP contribution in [0.1, 0.15) is 35.1 Å². The molecule has 0 atom stereocenters. The van der Waals surface area contributed by atoms with Gasteiger partial charge in [0.05, 0.1) is 6.54 Å². The molecule has 0 fully saturated rings. The maximum Gasteiger partial charge on any atom is 0.238 e. The fraction of sp³-hybridized carbons (Fsp3) is 0.200. The molecule has 4 heterocycles. The molecule has 0 N–H and O–H groups in total. The minimum absolute atomic E-state index is 0.334. The molecule has 0 amide bonds. The van der Waals surface area contributed by atoms with Crippen LogP contribution >= 0.6 is 11.6 Å². The Hall–Kier alpha value is -4.43. The summed E-state index contributed by atoms with van der Waals surface area (Å²) in [6.45, 7) is 7.26. The minimum atomic E-state index is 0.334. The summed E-state index contributed by atoms with van der Waals surface area (Å²) in [6, 6.07) is 19.8. The molecule has 9 heteroatoms. The standard InChI is InChI=1S/C30H26ClN7O/c1-4-26-36-27-18(2)14-19(3)35-29(27)38(26)16-20-7-9-21(10-8-20)24-15-22(39-30-25(31)6-5-13-32-30)11-12-23(24)28-33-17-34-37-28/h5-15H,4,16-17H2,1-3H3. The zero-order valence-corrected chi connectivity index (χ0v) is 22.6. The van der Waals surface area contributed by atoms with Gasteiger partial charge in [-0.05, 0) is 72.5 Å². The Morgan fingerprint density at radius 1 is 0.974 bits per heavy atom. The Labute approximate surface area is 231 Å². The van der Waals surface area contributed by atoms with Gasteiger partial charge in [-0.1, -0.05) is 42.8 Å². The van der Waals surface area contributed by atoms with Gasteiger partial charge in [-0.25, -0.2) is 19.9 Å². The van der Waals surface area contributed by atoms with E-state index in [1.54, 1.807) is 18.3 Å². The summed E-state index contributed by atoms with van der Waals surface area (Å²) >= 11 is 6.27. The van der Waals surface area contributed by atoms with E-state index in [0.29, 0.717) is 35.7 Å². The molecule has 2 aromatic carbocycles. The lowest BCUT2D eigenvalue weighted by Crippen LogP contribution is -2.06. The summed E-state index contributed by atoms with van der Waals surface area (Å²) in [5, 5.41) is 8.71. The van der Waals surface area contributed by atoms with Crippen molar-refractivity contribution in [2.24, 2.45) is 15.2 Å². The number of azo groups is 1. The Morgan fingerprint density at radius 3 is 2.56 bits per heavy atom. The molecule has 0 unspecified atom stereocenters. The average molecular weight is 536 g/mol. The number of halogens is 1. The van der Waals surface area contributed by atoms with Crippen molar-refractivity contribution in [3.05, 3.63) is 100 Å². The van der Waals surface area contributed by atoms with Crippen molar-refractivity contribution in [1.29, 1.82) is 0 Å². The lowest BCUT2D eigenvalue weighted by atomic mass is 9.97. The molecule has 1 aliphatic rings. The van der Waals surface area contributed by atoms with Crippen molar-refractivity contribution >= 4 is 28.6 Å². The van der Waals surface area contributed by atoms with Crippen molar-refractivity contribution in [1.82, 2.24) is 19.5 Å². The highest BCUT2D eigenvalue weighted by atomic mass is 35.5. The van der Waals surface area contributed by atoms with Gasteiger partial charge >= 0.3 is 0 Å². The first-order chi connectivity index (χ1) is 19.0. The molecule has 0 saturated heterocycles. The van der Waals surface area contributed by atoms with Crippen LogP contribution in [-0.2, 0) is 13.0 Å². The van der Waals surface area contributed by atoms with Crippen molar-refractivity contribution in [2.45, 2.75) is 33.7 Å². The number of hydrogen-bond donors (Lipinski definition) is 0. The van der Waals surface area contributed by atoms with E-state index in [4.69, 9.17) is 26.3 Å². The summed E-state index contributed by atoms with van der Waals surface area (Å²) in [4.78, 5) is 18.4. The van der Waals surface area contributed by atoms with Crippen LogP contribution in [0.15, 0.2) is 82.1 Å². The zero-order chi connectivity index (χ0) is 26.9. The van der Waals surface area contributed by atoms with E-state index >= 15 is 0 Å². The van der Waals surface area contributed by atoms with Crippen molar-refractivity contribution < 1.29 is 4.74 Å². The number of benzene rings is 2. The molecule has 3 aromatic heterocycles. The van der Waals surface area contributed by atoms with Gasteiger partial charge in [0.1, 0.15) is 22.1 Å². The minimum Gasteiger partial charge on any atom is -0.438 e. The molecule has 0 spiro atoms. The summed E-state index contributed by atoms with van der Waals surface area (Å²) in [5.41, 5.74) is 8.01. The number of rotatable bonds is 7. The lowest BCUT2D eigenvalue weighted by molar-refractivity contribution is 0.463. The zero-order valence-electron chi connectivity index (χ0n) is 21.9. The number of nitrogens with zero attached hydrogens (tertiary/aromatic N) is 7. The van der Waals surface area contributed by atoms with E-state index < -0.39 is 0 Å². The van der Waals surface area contributed by atoms with E-state index in [-0.39, 0.29) is 0 Å². The fourth-order valence-corrected chi connectivity index (χ4v) is 4.96. The Balaban J connectivity index is 1.36. The van der Waals surface area contributed by atoms with Crippen LogP contribution in [0.3, 0.4) is 0 Å². The summed E-state index contributed by atoms with van der Waals surface area (Å²) < 4.78 is 8.23. The molecule has 194 valence electrons. The van der Waals surface area contributed by atoms with E-state index in [0.717, 1.165) is 56.9 Å². The second-order valence-corrected chi connectivity index (χ2v) is 9.79. The molecule has 1 aliphatic heterocycles. The van der Waals surface area contributed by atoms with Gasteiger partial charge in [0.15, 0.2) is 18.2 Å². The number of amidine groups is 1. The number of aryl methyl sites for hydroxylation is 3. The number of aromatic nitrogens is 4. The third-order valence-corrected chi connectivity index (χ3v) is 6.93. The number of hydrogen-bond acceptors (Lipinski definition) is 7. The van der Waals surface area contributed by atoms with E-state index in [1.165, 1.54) is 0 Å². The smallest absolute Gasteiger partial charge is 0.238 e. The SMILES string of the molecule is CCc1nc2c(C)cc(C)nc2n1Cc1ccc(-c2cc(Oc3ncccc3Cl)ccc2C2=NCN=N2)cc1. The molecule has 0 aliphatic carbocycles. The number of fused-ring (bicyclic) bond motifs is 1. The average Bonchev–Trinajstić information content (AvgIpc) is 3.59. The second kappa shape index (κ2) is 10.4. The molecule has 0 bridgehead atoms. The summed E-state index contributed by atoms with van der Waals surface area (Å²) in [7, 11) is 0. The molecule has 0 radical (unpaired) electrons. The predicted molar refractivity (Wildman–Crippen MR) is 153 cm³/mol. The fourth-order valence-electron chi connectivity index (χ4n) is 4.80. The number of ether oxygens (including phenoxy) is 1. The first-order valence-electron chi connectivity index (χ1n) is 12.8. The molecule has 8 nitrogen and oxygen atoms in total. The molecular formula is C30H26ClN7O. The largest absolute Gasteiger partial charge is 0.438 e. The molecule has 5 aromatic rings. The Morgan fingerprint density at radius 2 is 1.82 bits per heavy atom. The highest BCUT2D eigenvalue weighted by Crippen LogP contribution is 2.33. The van der Waals surface area contributed by atoms with Crippen LogP contribution in [0.4, 0.5) is 0 Å². The van der Waals surface area contributed by atoms with Crippen LogP contribution in [-0.4, -0.2) is 32.0 Å². The first-order valence-corrected chi connectivity index (χ1v) is 13.2. The highest BCUT2D eigenvalue weighted by molar-refractivity contribution is 6.31. The number of pyridine rings is 2. The Bertz CT molecular complexity index is 1760. The van der Waals surface area contributed by atoms with Crippen molar-refractivity contribution in [3.63, 3.8) is 0 Å². The quantitative estimate of drug-likeness (QED) is 0.218. The molecule has 39 heavy (non-hydrogen) atoms. The van der Waals surface area contributed by atoms with Gasteiger partial charge in [-0.15, -0.1) is 5.11 Å². The van der Waals surface area contributed by atoms with Crippen molar-refractivity contribution in [2.75, 3.05) is 6.67 Å². The molecule has 6 rings (SSSR count). The van der Waals surface area contributed by atoms with E-state index in [1.807, 2.05) is 25.1 Å². The van der Waals surface area contributed by atoms with Crippen LogP contribution < -0.4 is 4.74 Å². The third-order valence-electron chi connectivity index (χ3n) is 6.64. The van der Waals surface area contributed by atoms with Crippen LogP contribution in [0.5, 0.6) is 11.6 Å². The van der Waals surface area contributed by atoms with Crippen LogP contribution in [0.2, 0.25) is 5.02 Å². The van der Waals surface area contributed by atoms with Crippen molar-refractivity contribution in [3.8, 4) is 22.8 Å². The topological polar surface area (TPSA) is 89.9 Å². The van der Waals surface area contributed by atoms with Gasteiger partial charge in [-0.3, -0.25) is 0 Å². The van der Waals surface area contributed by atoms with Gasteiger partial charge in [-0.2, -0.15) is 5.11 Å². The summed E-state index contributed by atoms with van der Waals surface area (Å²) in [6.07, 6.45) is 2.48.